The molecule has 1 amide bonds. The maximum atomic E-state index is 12.9. The lowest BCUT2D eigenvalue weighted by Gasteiger charge is -2.21. The number of thioether (sulfide) groups is 1. The number of ether oxygens (including phenoxy) is 1. The van der Waals surface area contributed by atoms with Crippen molar-refractivity contribution < 1.29 is 18.7 Å². The standard InChI is InChI=1S/C20H18ClFN2O3S/c21-15-3-1-4-17(13-15)24(11-2-10-23)19(25)14-27-20(26)9-12-28-18-7-5-16(22)6-8-18/h1,3-8,13H,2,9,11-12,14H2. The molecule has 5 nitrogen and oxygen atoms in total. The zero-order valence-electron chi connectivity index (χ0n) is 14.9. The van der Waals surface area contributed by atoms with Crippen LogP contribution in [0.5, 0.6) is 0 Å². The summed E-state index contributed by atoms with van der Waals surface area (Å²) >= 11 is 7.35. The largest absolute Gasteiger partial charge is 0.456 e. The van der Waals surface area contributed by atoms with Gasteiger partial charge in [-0.25, -0.2) is 4.39 Å². The van der Waals surface area contributed by atoms with E-state index in [9.17, 15) is 14.0 Å². The number of rotatable bonds is 9. The topological polar surface area (TPSA) is 70.4 Å². The molecule has 2 aromatic carbocycles. The zero-order chi connectivity index (χ0) is 20.4. The molecule has 0 aromatic heterocycles. The highest BCUT2D eigenvalue weighted by molar-refractivity contribution is 7.99. The Hall–Kier alpha value is -2.56. The Labute approximate surface area is 172 Å². The number of nitrogens with zero attached hydrogens (tertiary/aromatic N) is 2. The quantitative estimate of drug-likeness (QED) is 0.442. The van der Waals surface area contributed by atoms with Crippen LogP contribution in [-0.4, -0.2) is 30.8 Å². The molecular formula is C20H18ClFN2O3S. The molecule has 0 heterocycles. The van der Waals surface area contributed by atoms with Gasteiger partial charge < -0.3 is 9.64 Å². The van der Waals surface area contributed by atoms with Gasteiger partial charge in [0, 0.05) is 27.9 Å². The van der Waals surface area contributed by atoms with E-state index >= 15 is 0 Å². The van der Waals surface area contributed by atoms with E-state index in [1.54, 1.807) is 36.4 Å². The third-order valence-corrected chi connectivity index (χ3v) is 4.86. The molecule has 0 saturated heterocycles. The lowest BCUT2D eigenvalue weighted by Crippen LogP contribution is -2.35. The Kier molecular flexibility index (Phi) is 8.79. The molecule has 8 heteroatoms. The van der Waals surface area contributed by atoms with Crippen LogP contribution in [0.15, 0.2) is 53.4 Å². The number of anilines is 1. The van der Waals surface area contributed by atoms with Crippen molar-refractivity contribution in [2.75, 3.05) is 23.8 Å². The van der Waals surface area contributed by atoms with E-state index < -0.39 is 18.5 Å². The summed E-state index contributed by atoms with van der Waals surface area (Å²) in [7, 11) is 0. The normalized spacial score (nSPS) is 10.2. The summed E-state index contributed by atoms with van der Waals surface area (Å²) in [5.74, 6) is -0.806. The van der Waals surface area contributed by atoms with Crippen LogP contribution in [0, 0.1) is 17.1 Å². The summed E-state index contributed by atoms with van der Waals surface area (Å²) in [5.41, 5.74) is 0.538. The highest BCUT2D eigenvalue weighted by atomic mass is 35.5. The van der Waals surface area contributed by atoms with Crippen molar-refractivity contribution in [1.29, 1.82) is 5.26 Å². The van der Waals surface area contributed by atoms with Crippen molar-refractivity contribution in [1.82, 2.24) is 0 Å². The lowest BCUT2D eigenvalue weighted by molar-refractivity contribution is -0.147. The number of esters is 1. The number of benzene rings is 2. The lowest BCUT2D eigenvalue weighted by atomic mass is 10.2. The Morgan fingerprint density at radius 1 is 1.21 bits per heavy atom. The smallest absolute Gasteiger partial charge is 0.307 e. The summed E-state index contributed by atoms with van der Waals surface area (Å²) in [5, 5.41) is 9.26. The number of nitriles is 1. The zero-order valence-corrected chi connectivity index (χ0v) is 16.5. The van der Waals surface area contributed by atoms with Gasteiger partial charge in [-0.05, 0) is 42.5 Å². The van der Waals surface area contributed by atoms with Crippen molar-refractivity contribution >= 4 is 40.9 Å². The van der Waals surface area contributed by atoms with E-state index in [4.69, 9.17) is 21.6 Å². The fraction of sp³-hybridized carbons (Fsp3) is 0.250. The van der Waals surface area contributed by atoms with Crippen molar-refractivity contribution in [3.63, 3.8) is 0 Å². The minimum atomic E-state index is -0.505. The Bertz CT molecular complexity index is 855. The van der Waals surface area contributed by atoms with E-state index in [0.29, 0.717) is 16.5 Å². The van der Waals surface area contributed by atoms with Crippen LogP contribution in [0.1, 0.15) is 12.8 Å². The second kappa shape index (κ2) is 11.3. The van der Waals surface area contributed by atoms with Crippen LogP contribution >= 0.6 is 23.4 Å². The Balaban J connectivity index is 1.82. The molecule has 2 rings (SSSR count). The van der Waals surface area contributed by atoms with E-state index in [1.807, 2.05) is 6.07 Å². The molecule has 0 fully saturated rings. The summed E-state index contributed by atoms with van der Waals surface area (Å²) in [6.45, 7) is -0.244. The molecule has 0 unspecified atom stereocenters. The molecule has 0 spiro atoms. The number of carbonyl (C=O) groups is 2. The minimum absolute atomic E-state index is 0.116. The number of amides is 1. The summed E-state index contributed by atoms with van der Waals surface area (Å²) in [6.07, 6.45) is 0.255. The fourth-order valence-corrected chi connectivity index (χ4v) is 3.30. The predicted molar refractivity (Wildman–Crippen MR) is 107 cm³/mol. The number of halogens is 2. The van der Waals surface area contributed by atoms with Crippen LogP contribution in [0.3, 0.4) is 0 Å². The number of hydrogen-bond donors (Lipinski definition) is 0. The third-order valence-electron chi connectivity index (χ3n) is 3.61. The van der Waals surface area contributed by atoms with Crippen LogP contribution in [0.4, 0.5) is 10.1 Å². The van der Waals surface area contributed by atoms with Crippen LogP contribution < -0.4 is 4.90 Å². The van der Waals surface area contributed by atoms with Crippen LogP contribution in [0.25, 0.3) is 0 Å². The van der Waals surface area contributed by atoms with Gasteiger partial charge in [0.2, 0.25) is 0 Å². The first-order chi connectivity index (χ1) is 13.5. The first-order valence-corrected chi connectivity index (χ1v) is 9.83. The molecule has 0 N–H and O–H groups in total. The Morgan fingerprint density at radius 2 is 1.96 bits per heavy atom. The summed E-state index contributed by atoms with van der Waals surface area (Å²) < 4.78 is 17.9. The molecule has 0 atom stereocenters. The first-order valence-electron chi connectivity index (χ1n) is 8.46. The molecule has 0 aliphatic heterocycles. The second-order valence-corrected chi connectivity index (χ2v) is 7.25. The maximum Gasteiger partial charge on any atom is 0.307 e. The number of hydrogen-bond acceptors (Lipinski definition) is 5. The SMILES string of the molecule is N#CCCN(C(=O)COC(=O)CCSc1ccc(F)cc1)c1cccc(Cl)c1. The van der Waals surface area contributed by atoms with Gasteiger partial charge in [-0.15, -0.1) is 11.8 Å². The van der Waals surface area contributed by atoms with Gasteiger partial charge in [-0.2, -0.15) is 5.26 Å². The van der Waals surface area contributed by atoms with Gasteiger partial charge in [0.1, 0.15) is 5.82 Å². The average molecular weight is 421 g/mol. The van der Waals surface area contributed by atoms with Crippen LogP contribution in [-0.2, 0) is 14.3 Å². The van der Waals surface area contributed by atoms with Gasteiger partial charge in [-0.1, -0.05) is 17.7 Å². The van der Waals surface area contributed by atoms with Gasteiger partial charge in [-0.3, -0.25) is 9.59 Å². The third kappa shape index (κ3) is 7.22. The second-order valence-electron chi connectivity index (χ2n) is 5.65. The minimum Gasteiger partial charge on any atom is -0.456 e. The molecule has 0 radical (unpaired) electrons. The average Bonchev–Trinajstić information content (AvgIpc) is 2.68. The van der Waals surface area contributed by atoms with Crippen molar-refractivity contribution in [2.24, 2.45) is 0 Å². The maximum absolute atomic E-state index is 12.9. The highest BCUT2D eigenvalue weighted by Gasteiger charge is 2.18. The van der Waals surface area contributed by atoms with Gasteiger partial charge in [0.25, 0.3) is 5.91 Å². The summed E-state index contributed by atoms with van der Waals surface area (Å²) in [4.78, 5) is 26.5. The van der Waals surface area contributed by atoms with Gasteiger partial charge in [0.15, 0.2) is 6.61 Å². The molecule has 0 aliphatic rings. The first kappa shape index (κ1) is 21.7. The molecular weight excluding hydrogens is 403 g/mol. The predicted octanol–water partition coefficient (Wildman–Crippen LogP) is 4.45. The molecule has 0 saturated carbocycles. The van der Waals surface area contributed by atoms with E-state index in [0.717, 1.165) is 4.90 Å². The highest BCUT2D eigenvalue weighted by Crippen LogP contribution is 2.21. The summed E-state index contributed by atoms with van der Waals surface area (Å²) in [6, 6.07) is 14.6. The molecule has 2 aromatic rings. The van der Waals surface area contributed by atoms with E-state index in [1.165, 1.54) is 28.8 Å². The molecule has 28 heavy (non-hydrogen) atoms. The van der Waals surface area contributed by atoms with E-state index in [2.05, 4.69) is 0 Å². The van der Waals surface area contributed by atoms with Crippen LogP contribution in [0.2, 0.25) is 5.02 Å². The fourth-order valence-electron chi connectivity index (χ4n) is 2.28. The van der Waals surface area contributed by atoms with Crippen molar-refractivity contribution in [3.8, 4) is 6.07 Å². The molecule has 0 bridgehead atoms. The Morgan fingerprint density at radius 3 is 2.64 bits per heavy atom. The van der Waals surface area contributed by atoms with Crippen molar-refractivity contribution in [3.05, 3.63) is 59.4 Å². The van der Waals surface area contributed by atoms with Crippen molar-refractivity contribution in [2.45, 2.75) is 17.7 Å². The monoisotopic (exact) mass is 420 g/mol. The molecule has 146 valence electrons. The van der Waals surface area contributed by atoms with Gasteiger partial charge in [0.05, 0.1) is 18.9 Å². The molecule has 0 aliphatic carbocycles. The number of carbonyl (C=O) groups excluding carboxylic acids is 2. The van der Waals surface area contributed by atoms with Gasteiger partial charge >= 0.3 is 5.97 Å². The van der Waals surface area contributed by atoms with E-state index in [-0.39, 0.29) is 25.2 Å².